The SMILES string of the molecule is O=C(N=c1sn(-c2ccc(Cl)cc2)nc1C(=O)N1CCCC1)c1ccco1. The summed E-state index contributed by atoms with van der Waals surface area (Å²) in [7, 11) is 0. The molecule has 0 saturated carbocycles. The van der Waals surface area contributed by atoms with Gasteiger partial charge < -0.3 is 9.32 Å². The summed E-state index contributed by atoms with van der Waals surface area (Å²) in [6.07, 6.45) is 3.33. The maximum Gasteiger partial charge on any atom is 0.314 e. The molecule has 0 radical (unpaired) electrons. The number of amides is 2. The predicted octanol–water partition coefficient (Wildman–Crippen LogP) is 3.16. The van der Waals surface area contributed by atoms with Crippen LogP contribution in [0.3, 0.4) is 0 Å². The van der Waals surface area contributed by atoms with Gasteiger partial charge in [-0.05, 0) is 60.8 Å². The molecule has 3 heterocycles. The molecule has 1 fully saturated rings. The zero-order valence-electron chi connectivity index (χ0n) is 14.2. The second-order valence-corrected chi connectivity index (χ2v) is 7.34. The van der Waals surface area contributed by atoms with Crippen LogP contribution in [-0.2, 0) is 0 Å². The molecule has 2 amide bonds. The van der Waals surface area contributed by atoms with Gasteiger partial charge in [0.05, 0.1) is 12.0 Å². The Kier molecular flexibility index (Phi) is 4.91. The largest absolute Gasteiger partial charge is 0.459 e. The molecule has 0 unspecified atom stereocenters. The van der Waals surface area contributed by atoms with Crippen molar-refractivity contribution < 1.29 is 14.0 Å². The summed E-state index contributed by atoms with van der Waals surface area (Å²) in [5.74, 6) is -0.661. The number of halogens is 1. The summed E-state index contributed by atoms with van der Waals surface area (Å²) in [5, 5.41) is 5.01. The van der Waals surface area contributed by atoms with Gasteiger partial charge in [0, 0.05) is 18.1 Å². The lowest BCUT2D eigenvalue weighted by Gasteiger charge is -2.12. The van der Waals surface area contributed by atoms with Crippen molar-refractivity contribution in [2.45, 2.75) is 12.8 Å². The van der Waals surface area contributed by atoms with Gasteiger partial charge in [-0.25, -0.2) is 0 Å². The van der Waals surface area contributed by atoms with E-state index in [9.17, 15) is 9.59 Å². The first-order valence-electron chi connectivity index (χ1n) is 8.40. The Labute approximate surface area is 163 Å². The molecule has 0 atom stereocenters. The lowest BCUT2D eigenvalue weighted by molar-refractivity contribution is 0.0785. The highest BCUT2D eigenvalue weighted by Crippen LogP contribution is 2.16. The third-order valence-corrected chi connectivity index (χ3v) is 5.32. The number of likely N-dealkylation sites (tertiary alicyclic amines) is 1. The van der Waals surface area contributed by atoms with Crippen molar-refractivity contribution in [1.82, 2.24) is 14.1 Å². The number of rotatable bonds is 3. The minimum absolute atomic E-state index is 0.112. The van der Waals surface area contributed by atoms with Gasteiger partial charge in [-0.15, -0.1) is 5.10 Å². The smallest absolute Gasteiger partial charge is 0.314 e. The highest BCUT2D eigenvalue weighted by Gasteiger charge is 2.25. The molecule has 0 spiro atoms. The summed E-state index contributed by atoms with van der Waals surface area (Å²) in [4.78, 5) is 31.0. The molecular formula is C18H15ClN4O3S. The van der Waals surface area contributed by atoms with Gasteiger partial charge >= 0.3 is 5.91 Å². The van der Waals surface area contributed by atoms with E-state index in [-0.39, 0.29) is 22.0 Å². The number of hydrogen-bond donors (Lipinski definition) is 0. The van der Waals surface area contributed by atoms with E-state index in [1.807, 2.05) is 0 Å². The number of nitrogens with zero attached hydrogens (tertiary/aromatic N) is 4. The monoisotopic (exact) mass is 402 g/mol. The molecule has 4 rings (SSSR count). The van der Waals surface area contributed by atoms with Gasteiger partial charge in [0.25, 0.3) is 5.91 Å². The van der Waals surface area contributed by atoms with Crippen molar-refractivity contribution in [1.29, 1.82) is 0 Å². The molecule has 138 valence electrons. The Morgan fingerprint density at radius 1 is 1.15 bits per heavy atom. The van der Waals surface area contributed by atoms with Gasteiger partial charge in [0.2, 0.25) is 0 Å². The van der Waals surface area contributed by atoms with Crippen LogP contribution in [0.15, 0.2) is 52.1 Å². The van der Waals surface area contributed by atoms with Gasteiger partial charge in [0.15, 0.2) is 16.1 Å². The van der Waals surface area contributed by atoms with E-state index in [2.05, 4.69) is 10.1 Å². The average Bonchev–Trinajstić information content (AvgIpc) is 3.43. The molecule has 1 saturated heterocycles. The molecular weight excluding hydrogens is 388 g/mol. The number of benzene rings is 1. The molecule has 0 aliphatic carbocycles. The third kappa shape index (κ3) is 3.72. The minimum Gasteiger partial charge on any atom is -0.459 e. The van der Waals surface area contributed by atoms with Crippen LogP contribution in [0.4, 0.5) is 0 Å². The Morgan fingerprint density at radius 2 is 1.89 bits per heavy atom. The van der Waals surface area contributed by atoms with Gasteiger partial charge in [0.1, 0.15) is 0 Å². The number of carbonyl (C=O) groups excluding carboxylic acids is 2. The molecule has 2 aromatic heterocycles. The standard InChI is InChI=1S/C18H15ClN4O3S/c19-12-5-7-13(8-6-12)23-21-15(18(25)22-9-1-2-10-22)17(27-23)20-16(24)14-4-3-11-26-14/h3-8,11H,1-2,9-10H2. The van der Waals surface area contributed by atoms with E-state index in [4.69, 9.17) is 16.0 Å². The van der Waals surface area contributed by atoms with E-state index in [1.165, 1.54) is 12.3 Å². The topological polar surface area (TPSA) is 80.7 Å². The zero-order valence-corrected chi connectivity index (χ0v) is 15.7. The van der Waals surface area contributed by atoms with Crippen molar-refractivity contribution in [3.63, 3.8) is 0 Å². The Morgan fingerprint density at radius 3 is 2.56 bits per heavy atom. The highest BCUT2D eigenvalue weighted by molar-refractivity contribution is 7.04. The van der Waals surface area contributed by atoms with E-state index in [0.29, 0.717) is 18.1 Å². The molecule has 0 bridgehead atoms. The molecule has 3 aromatic rings. The highest BCUT2D eigenvalue weighted by atomic mass is 35.5. The first-order chi connectivity index (χ1) is 13.1. The summed E-state index contributed by atoms with van der Waals surface area (Å²) >= 11 is 7.05. The van der Waals surface area contributed by atoms with Crippen LogP contribution in [0.5, 0.6) is 0 Å². The maximum absolute atomic E-state index is 12.9. The van der Waals surface area contributed by atoms with E-state index in [0.717, 1.165) is 30.1 Å². The third-order valence-electron chi connectivity index (χ3n) is 4.14. The molecule has 1 aliphatic rings. The van der Waals surface area contributed by atoms with Gasteiger partial charge in [-0.1, -0.05) is 11.6 Å². The fraction of sp³-hybridized carbons (Fsp3) is 0.222. The fourth-order valence-corrected chi connectivity index (χ4v) is 3.76. The summed E-state index contributed by atoms with van der Waals surface area (Å²) in [6.45, 7) is 1.37. The van der Waals surface area contributed by atoms with Crippen LogP contribution < -0.4 is 4.67 Å². The normalized spacial score (nSPS) is 14.7. The van der Waals surface area contributed by atoms with Crippen molar-refractivity contribution in [3.05, 3.63) is 63.8 Å². The van der Waals surface area contributed by atoms with E-state index in [1.54, 1.807) is 39.3 Å². The first-order valence-corrected chi connectivity index (χ1v) is 9.55. The summed E-state index contributed by atoms with van der Waals surface area (Å²) < 4.78 is 6.91. The summed E-state index contributed by atoms with van der Waals surface area (Å²) in [5.41, 5.74) is 0.892. The van der Waals surface area contributed by atoms with Crippen LogP contribution in [-0.4, -0.2) is 39.0 Å². The number of aromatic nitrogens is 2. The fourth-order valence-electron chi connectivity index (χ4n) is 2.78. The molecule has 1 aromatic carbocycles. The molecule has 0 N–H and O–H groups in total. The average molecular weight is 403 g/mol. The maximum atomic E-state index is 12.9. The van der Waals surface area contributed by atoms with Crippen LogP contribution in [0, 0.1) is 0 Å². The summed E-state index contributed by atoms with van der Waals surface area (Å²) in [6, 6.07) is 10.2. The van der Waals surface area contributed by atoms with Gasteiger partial charge in [-0.3, -0.25) is 9.59 Å². The number of furan rings is 1. The quantitative estimate of drug-likeness (QED) is 0.674. The van der Waals surface area contributed by atoms with Crippen LogP contribution in [0.25, 0.3) is 5.69 Å². The van der Waals surface area contributed by atoms with E-state index >= 15 is 0 Å². The number of carbonyl (C=O) groups is 2. The van der Waals surface area contributed by atoms with Crippen LogP contribution in [0.2, 0.25) is 5.02 Å². The molecule has 9 heteroatoms. The minimum atomic E-state index is -0.553. The van der Waals surface area contributed by atoms with Crippen LogP contribution >= 0.6 is 23.1 Å². The molecule has 7 nitrogen and oxygen atoms in total. The van der Waals surface area contributed by atoms with Crippen LogP contribution in [0.1, 0.15) is 33.9 Å². The van der Waals surface area contributed by atoms with E-state index < -0.39 is 5.91 Å². The van der Waals surface area contributed by atoms with Crippen molar-refractivity contribution >= 4 is 34.9 Å². The lowest BCUT2D eigenvalue weighted by atomic mass is 10.3. The van der Waals surface area contributed by atoms with Gasteiger partial charge in [-0.2, -0.15) is 9.06 Å². The Bertz CT molecular complexity index is 1030. The Balaban J connectivity index is 1.78. The van der Waals surface area contributed by atoms with Crippen molar-refractivity contribution in [2.75, 3.05) is 13.1 Å². The second kappa shape index (κ2) is 7.50. The van der Waals surface area contributed by atoms with Crippen molar-refractivity contribution in [3.8, 4) is 5.69 Å². The first kappa shape index (κ1) is 17.7. The number of hydrogen-bond acceptors (Lipinski definition) is 5. The predicted molar refractivity (Wildman–Crippen MR) is 100 cm³/mol. The van der Waals surface area contributed by atoms with Crippen molar-refractivity contribution in [2.24, 2.45) is 4.99 Å². The lowest BCUT2D eigenvalue weighted by Crippen LogP contribution is -2.31. The Hall–Kier alpha value is -2.71. The molecule has 27 heavy (non-hydrogen) atoms. The zero-order chi connectivity index (χ0) is 18.8. The molecule has 1 aliphatic heterocycles. The second-order valence-electron chi connectivity index (χ2n) is 5.99.